The molecule has 21 heavy (non-hydrogen) atoms. The summed E-state index contributed by atoms with van der Waals surface area (Å²) >= 11 is 0. The topological polar surface area (TPSA) is 73.9 Å². The molecular formula is C15H19N5O. The smallest absolute Gasteiger partial charge is 0.209 e. The van der Waals surface area contributed by atoms with Crippen molar-refractivity contribution in [3.63, 3.8) is 0 Å². The van der Waals surface area contributed by atoms with E-state index in [9.17, 15) is 4.79 Å². The van der Waals surface area contributed by atoms with Crippen molar-refractivity contribution in [3.8, 4) is 0 Å². The van der Waals surface area contributed by atoms with Crippen LogP contribution >= 0.6 is 0 Å². The Labute approximate surface area is 123 Å². The summed E-state index contributed by atoms with van der Waals surface area (Å²) in [6.07, 6.45) is 9.22. The average Bonchev–Trinajstić information content (AvgIpc) is 3.27. The molecule has 3 heterocycles. The minimum atomic E-state index is 0.268. The fourth-order valence-electron chi connectivity index (χ4n) is 3.23. The molecule has 1 atom stereocenters. The molecule has 1 aliphatic carbocycles. The third kappa shape index (κ3) is 2.34. The number of hydrogen-bond acceptors (Lipinski definition) is 4. The van der Waals surface area contributed by atoms with E-state index in [-0.39, 0.29) is 6.04 Å². The zero-order valence-corrected chi connectivity index (χ0v) is 11.9. The van der Waals surface area contributed by atoms with Gasteiger partial charge < -0.3 is 15.2 Å². The van der Waals surface area contributed by atoms with Gasteiger partial charge in [0.05, 0.1) is 5.39 Å². The highest BCUT2D eigenvalue weighted by Crippen LogP contribution is 2.44. The van der Waals surface area contributed by atoms with Gasteiger partial charge in [0.15, 0.2) is 0 Å². The second-order valence-electron chi connectivity index (χ2n) is 6.05. The van der Waals surface area contributed by atoms with E-state index in [2.05, 4.69) is 26.5 Å². The number of carbonyl (C=O) groups is 1. The van der Waals surface area contributed by atoms with E-state index >= 15 is 0 Å². The summed E-state index contributed by atoms with van der Waals surface area (Å²) in [4.78, 5) is 24.8. The number of piperidine rings is 1. The summed E-state index contributed by atoms with van der Waals surface area (Å²) in [5.41, 5.74) is 2.23. The van der Waals surface area contributed by atoms with Crippen LogP contribution in [0.15, 0.2) is 12.5 Å². The molecule has 0 unspecified atom stereocenters. The zero-order chi connectivity index (χ0) is 14.2. The Morgan fingerprint density at radius 1 is 1.33 bits per heavy atom. The fraction of sp³-hybridized carbons (Fsp3) is 0.533. The van der Waals surface area contributed by atoms with E-state index < -0.39 is 0 Å². The van der Waals surface area contributed by atoms with Crippen LogP contribution in [0.3, 0.4) is 0 Å². The third-order valence-corrected chi connectivity index (χ3v) is 4.46. The number of amides is 1. The first-order chi connectivity index (χ1) is 10.3. The highest BCUT2D eigenvalue weighted by atomic mass is 16.1. The first-order valence-electron chi connectivity index (χ1n) is 7.63. The number of H-pyrrole nitrogens is 1. The summed E-state index contributed by atoms with van der Waals surface area (Å²) in [5, 5.41) is 4.65. The van der Waals surface area contributed by atoms with Gasteiger partial charge in [0.2, 0.25) is 6.41 Å². The molecule has 1 saturated carbocycles. The number of anilines is 1. The standard InChI is InChI=1S/C15H19N5O/c21-9-20-5-1-2-11(7-20)19-15-13-12(10-3-4-10)6-16-14(13)17-8-18-15/h6,8-11H,1-5,7H2,(H2,16,17,18,19)/t11-/m1/s1. The van der Waals surface area contributed by atoms with Crippen LogP contribution in [0.1, 0.15) is 37.2 Å². The number of rotatable bonds is 4. The molecule has 1 amide bonds. The summed E-state index contributed by atoms with van der Waals surface area (Å²) in [6.45, 7) is 1.61. The van der Waals surface area contributed by atoms with Crippen molar-refractivity contribution in [1.82, 2.24) is 19.9 Å². The van der Waals surface area contributed by atoms with Crippen molar-refractivity contribution in [2.75, 3.05) is 18.4 Å². The van der Waals surface area contributed by atoms with Crippen LogP contribution in [0.5, 0.6) is 0 Å². The predicted molar refractivity (Wildman–Crippen MR) is 80.1 cm³/mol. The number of hydrogen-bond donors (Lipinski definition) is 2. The van der Waals surface area contributed by atoms with Crippen molar-refractivity contribution in [2.45, 2.75) is 37.6 Å². The molecule has 2 fully saturated rings. The van der Waals surface area contributed by atoms with Gasteiger partial charge in [0, 0.05) is 25.3 Å². The van der Waals surface area contributed by atoms with Gasteiger partial charge in [-0.1, -0.05) is 0 Å². The molecule has 0 bridgehead atoms. The molecule has 0 radical (unpaired) electrons. The average molecular weight is 285 g/mol. The van der Waals surface area contributed by atoms with E-state index in [1.165, 1.54) is 18.4 Å². The molecule has 2 N–H and O–H groups in total. The Hall–Kier alpha value is -2.11. The molecule has 0 aromatic carbocycles. The molecule has 0 spiro atoms. The minimum absolute atomic E-state index is 0.268. The Bertz CT molecular complexity index is 663. The van der Waals surface area contributed by atoms with Gasteiger partial charge in [0.25, 0.3) is 0 Å². The normalized spacial score (nSPS) is 22.5. The summed E-state index contributed by atoms with van der Waals surface area (Å²) in [6, 6.07) is 0.268. The van der Waals surface area contributed by atoms with E-state index in [4.69, 9.17) is 0 Å². The molecule has 1 aliphatic heterocycles. The minimum Gasteiger partial charge on any atom is -0.365 e. The lowest BCUT2D eigenvalue weighted by Gasteiger charge is -2.30. The SMILES string of the molecule is O=CN1CCC[C@@H](Nc2ncnc3[nH]cc(C4CC4)c23)C1. The van der Waals surface area contributed by atoms with Crippen molar-refractivity contribution in [3.05, 3.63) is 18.1 Å². The molecule has 6 heteroatoms. The van der Waals surface area contributed by atoms with Crippen LogP contribution in [-0.2, 0) is 4.79 Å². The Morgan fingerprint density at radius 2 is 2.24 bits per heavy atom. The molecule has 1 saturated heterocycles. The lowest BCUT2D eigenvalue weighted by molar-refractivity contribution is -0.119. The first kappa shape index (κ1) is 12.6. The second kappa shape index (κ2) is 5.02. The Kier molecular flexibility index (Phi) is 3.02. The molecule has 2 aromatic rings. The maximum atomic E-state index is 10.9. The molecule has 4 rings (SSSR count). The van der Waals surface area contributed by atoms with Crippen LogP contribution in [0.2, 0.25) is 0 Å². The first-order valence-corrected chi connectivity index (χ1v) is 7.63. The largest absolute Gasteiger partial charge is 0.365 e. The number of carbonyl (C=O) groups excluding carboxylic acids is 1. The highest BCUT2D eigenvalue weighted by molar-refractivity contribution is 5.91. The van der Waals surface area contributed by atoms with Crippen molar-refractivity contribution >= 4 is 23.3 Å². The zero-order valence-electron chi connectivity index (χ0n) is 11.9. The van der Waals surface area contributed by atoms with Crippen molar-refractivity contribution in [1.29, 1.82) is 0 Å². The quantitative estimate of drug-likeness (QED) is 0.841. The van der Waals surface area contributed by atoms with E-state index in [1.54, 1.807) is 6.33 Å². The lowest BCUT2D eigenvalue weighted by Crippen LogP contribution is -2.41. The molecule has 6 nitrogen and oxygen atoms in total. The Balaban J connectivity index is 1.63. The fourth-order valence-corrected chi connectivity index (χ4v) is 3.23. The maximum absolute atomic E-state index is 10.9. The number of aromatic amines is 1. The molecule has 110 valence electrons. The monoisotopic (exact) mass is 285 g/mol. The van der Waals surface area contributed by atoms with Crippen LogP contribution in [0, 0.1) is 0 Å². The van der Waals surface area contributed by atoms with Gasteiger partial charge >= 0.3 is 0 Å². The number of nitrogens with zero attached hydrogens (tertiary/aromatic N) is 3. The van der Waals surface area contributed by atoms with Gasteiger partial charge in [-0.05, 0) is 37.2 Å². The molecular weight excluding hydrogens is 266 g/mol. The summed E-state index contributed by atoms with van der Waals surface area (Å²) in [5.74, 6) is 1.56. The van der Waals surface area contributed by atoms with Crippen LogP contribution < -0.4 is 5.32 Å². The predicted octanol–water partition coefficient (Wildman–Crippen LogP) is 1.87. The highest BCUT2D eigenvalue weighted by Gasteiger charge is 2.28. The number of nitrogens with one attached hydrogen (secondary N) is 2. The maximum Gasteiger partial charge on any atom is 0.209 e. The van der Waals surface area contributed by atoms with Crippen molar-refractivity contribution in [2.24, 2.45) is 0 Å². The molecule has 2 aliphatic rings. The van der Waals surface area contributed by atoms with Gasteiger partial charge in [-0.15, -0.1) is 0 Å². The number of fused-ring (bicyclic) bond motifs is 1. The van der Waals surface area contributed by atoms with Gasteiger partial charge in [-0.25, -0.2) is 9.97 Å². The van der Waals surface area contributed by atoms with Gasteiger partial charge in [-0.3, -0.25) is 4.79 Å². The third-order valence-electron chi connectivity index (χ3n) is 4.46. The van der Waals surface area contributed by atoms with E-state index in [0.29, 0.717) is 5.92 Å². The second-order valence-corrected chi connectivity index (χ2v) is 6.05. The van der Waals surface area contributed by atoms with E-state index in [0.717, 1.165) is 49.2 Å². The van der Waals surface area contributed by atoms with Crippen LogP contribution in [0.4, 0.5) is 5.82 Å². The van der Waals surface area contributed by atoms with Crippen molar-refractivity contribution < 1.29 is 4.79 Å². The van der Waals surface area contributed by atoms with Crippen LogP contribution in [0.25, 0.3) is 11.0 Å². The Morgan fingerprint density at radius 3 is 3.05 bits per heavy atom. The van der Waals surface area contributed by atoms with Gasteiger partial charge in [-0.2, -0.15) is 0 Å². The molecule has 2 aromatic heterocycles. The summed E-state index contributed by atoms with van der Waals surface area (Å²) in [7, 11) is 0. The summed E-state index contributed by atoms with van der Waals surface area (Å²) < 4.78 is 0. The van der Waals surface area contributed by atoms with E-state index in [1.807, 2.05) is 4.90 Å². The number of aromatic nitrogens is 3. The lowest BCUT2D eigenvalue weighted by atomic mass is 10.1. The van der Waals surface area contributed by atoms with Crippen LogP contribution in [-0.4, -0.2) is 45.4 Å². The van der Waals surface area contributed by atoms with Gasteiger partial charge in [0.1, 0.15) is 17.8 Å². The number of likely N-dealkylation sites (tertiary alicyclic amines) is 1.